The fraction of sp³-hybridized carbons (Fsp3) is 0.353. The predicted octanol–water partition coefficient (Wildman–Crippen LogP) is 2.33. The van der Waals surface area contributed by atoms with Crippen molar-refractivity contribution in [2.45, 2.75) is 19.4 Å². The summed E-state index contributed by atoms with van der Waals surface area (Å²) in [6, 6.07) is 7.34. The van der Waals surface area contributed by atoms with E-state index in [9.17, 15) is 4.79 Å². The summed E-state index contributed by atoms with van der Waals surface area (Å²) >= 11 is 6.04. The zero-order valence-electron chi connectivity index (χ0n) is 13.2. The second-order valence-electron chi connectivity index (χ2n) is 6.07. The summed E-state index contributed by atoms with van der Waals surface area (Å²) in [5, 5.41) is 5.47. The molecular formula is C17H18ClN5O. The summed E-state index contributed by atoms with van der Waals surface area (Å²) < 4.78 is 3.32. The number of hydrogen-bond donors (Lipinski definition) is 0. The van der Waals surface area contributed by atoms with Gasteiger partial charge in [-0.1, -0.05) is 17.7 Å². The van der Waals surface area contributed by atoms with E-state index < -0.39 is 0 Å². The fourth-order valence-electron chi connectivity index (χ4n) is 3.16. The summed E-state index contributed by atoms with van der Waals surface area (Å²) in [4.78, 5) is 19.5. The Labute approximate surface area is 144 Å². The molecule has 4 rings (SSSR count). The standard InChI is InChI=1S/C17H18ClN5O/c18-13-4-3-5-14(10-13)23-16-15(11-20-23)17(24)22(12-19-16)9-8-21-6-1-2-7-21/h3-5,10-12H,1-2,6-9H2. The summed E-state index contributed by atoms with van der Waals surface area (Å²) in [7, 11) is 0. The molecule has 124 valence electrons. The van der Waals surface area contributed by atoms with Gasteiger partial charge in [0.1, 0.15) is 11.7 Å². The van der Waals surface area contributed by atoms with Gasteiger partial charge >= 0.3 is 0 Å². The van der Waals surface area contributed by atoms with Crippen LogP contribution in [0, 0.1) is 0 Å². The number of aromatic nitrogens is 4. The molecule has 3 heterocycles. The molecule has 1 aromatic carbocycles. The number of rotatable bonds is 4. The van der Waals surface area contributed by atoms with Gasteiger partial charge in [0.05, 0.1) is 11.9 Å². The predicted molar refractivity (Wildman–Crippen MR) is 93.8 cm³/mol. The molecule has 2 aromatic heterocycles. The molecule has 0 bridgehead atoms. The van der Waals surface area contributed by atoms with Crippen LogP contribution in [0.4, 0.5) is 0 Å². The summed E-state index contributed by atoms with van der Waals surface area (Å²) in [5.41, 5.74) is 1.30. The van der Waals surface area contributed by atoms with Crippen molar-refractivity contribution < 1.29 is 0 Å². The van der Waals surface area contributed by atoms with E-state index in [4.69, 9.17) is 11.6 Å². The van der Waals surface area contributed by atoms with Gasteiger partial charge in [-0.25, -0.2) is 9.67 Å². The van der Waals surface area contributed by atoms with Crippen LogP contribution in [0.3, 0.4) is 0 Å². The van der Waals surface area contributed by atoms with Gasteiger partial charge in [-0.2, -0.15) is 5.10 Å². The maximum atomic E-state index is 12.7. The highest BCUT2D eigenvalue weighted by molar-refractivity contribution is 6.30. The lowest BCUT2D eigenvalue weighted by Gasteiger charge is -2.15. The molecule has 1 fully saturated rings. The third-order valence-electron chi connectivity index (χ3n) is 4.46. The first-order valence-corrected chi connectivity index (χ1v) is 8.52. The minimum atomic E-state index is -0.0486. The van der Waals surface area contributed by atoms with Crippen LogP contribution >= 0.6 is 11.6 Å². The van der Waals surface area contributed by atoms with Gasteiger partial charge in [-0.05, 0) is 44.1 Å². The molecule has 0 atom stereocenters. The van der Waals surface area contributed by atoms with Crippen LogP contribution in [0.15, 0.2) is 41.6 Å². The highest BCUT2D eigenvalue weighted by atomic mass is 35.5. The SMILES string of the molecule is O=c1c2cnn(-c3cccc(Cl)c3)c2ncn1CCN1CCCC1. The molecule has 3 aromatic rings. The van der Waals surface area contributed by atoms with Crippen molar-refractivity contribution in [1.29, 1.82) is 0 Å². The third-order valence-corrected chi connectivity index (χ3v) is 4.70. The maximum Gasteiger partial charge on any atom is 0.264 e. The molecule has 6 nitrogen and oxygen atoms in total. The number of halogens is 1. The molecule has 0 aliphatic carbocycles. The first-order valence-electron chi connectivity index (χ1n) is 8.14. The quantitative estimate of drug-likeness (QED) is 0.729. The largest absolute Gasteiger partial charge is 0.302 e. The van der Waals surface area contributed by atoms with E-state index in [-0.39, 0.29) is 5.56 Å². The van der Waals surface area contributed by atoms with E-state index in [1.54, 1.807) is 33.9 Å². The molecule has 0 N–H and O–H groups in total. The van der Waals surface area contributed by atoms with Crippen LogP contribution in [-0.2, 0) is 6.54 Å². The normalized spacial score (nSPS) is 15.4. The van der Waals surface area contributed by atoms with Crippen LogP contribution < -0.4 is 5.56 Å². The van der Waals surface area contributed by atoms with E-state index in [1.165, 1.54) is 12.8 Å². The molecule has 0 amide bonds. The van der Waals surface area contributed by atoms with Crippen molar-refractivity contribution in [3.63, 3.8) is 0 Å². The van der Waals surface area contributed by atoms with Crippen molar-refractivity contribution >= 4 is 22.6 Å². The third kappa shape index (κ3) is 2.83. The van der Waals surface area contributed by atoms with Crippen LogP contribution in [0.5, 0.6) is 0 Å². The molecule has 1 aliphatic heterocycles. The number of nitrogens with zero attached hydrogens (tertiary/aromatic N) is 5. The van der Waals surface area contributed by atoms with Crippen LogP contribution in [0.2, 0.25) is 5.02 Å². The van der Waals surface area contributed by atoms with Crippen LogP contribution in [0.25, 0.3) is 16.7 Å². The molecule has 0 spiro atoms. The molecule has 24 heavy (non-hydrogen) atoms. The van der Waals surface area contributed by atoms with Gasteiger partial charge in [0, 0.05) is 18.1 Å². The lowest BCUT2D eigenvalue weighted by molar-refractivity contribution is 0.320. The minimum Gasteiger partial charge on any atom is -0.302 e. The molecular weight excluding hydrogens is 326 g/mol. The zero-order valence-corrected chi connectivity index (χ0v) is 14.0. The van der Waals surface area contributed by atoms with E-state index in [2.05, 4.69) is 15.0 Å². The highest BCUT2D eigenvalue weighted by Gasteiger charge is 2.14. The summed E-state index contributed by atoms with van der Waals surface area (Å²) in [6.07, 6.45) is 5.69. The zero-order chi connectivity index (χ0) is 16.5. The summed E-state index contributed by atoms with van der Waals surface area (Å²) in [6.45, 7) is 3.79. The Morgan fingerprint density at radius 1 is 1.17 bits per heavy atom. The Bertz CT molecular complexity index is 926. The topological polar surface area (TPSA) is 56.0 Å². The Morgan fingerprint density at radius 2 is 2.00 bits per heavy atom. The van der Waals surface area contributed by atoms with E-state index in [1.807, 2.05) is 12.1 Å². The van der Waals surface area contributed by atoms with E-state index >= 15 is 0 Å². The molecule has 0 saturated carbocycles. The number of benzene rings is 1. The first kappa shape index (κ1) is 15.4. The van der Waals surface area contributed by atoms with Gasteiger partial charge < -0.3 is 4.90 Å². The lowest BCUT2D eigenvalue weighted by atomic mass is 10.3. The number of fused-ring (bicyclic) bond motifs is 1. The average Bonchev–Trinajstić information content (AvgIpc) is 3.24. The molecule has 1 aliphatic rings. The van der Waals surface area contributed by atoms with E-state index in [0.717, 1.165) is 25.3 Å². The Morgan fingerprint density at radius 3 is 2.79 bits per heavy atom. The van der Waals surface area contributed by atoms with Crippen LogP contribution in [-0.4, -0.2) is 43.9 Å². The van der Waals surface area contributed by atoms with Gasteiger partial charge in [-0.3, -0.25) is 9.36 Å². The minimum absolute atomic E-state index is 0.0486. The average molecular weight is 344 g/mol. The van der Waals surface area contributed by atoms with Crippen molar-refractivity contribution in [2.24, 2.45) is 0 Å². The van der Waals surface area contributed by atoms with Gasteiger partial charge in [0.25, 0.3) is 5.56 Å². The Balaban J connectivity index is 1.66. The highest BCUT2D eigenvalue weighted by Crippen LogP contribution is 2.17. The monoisotopic (exact) mass is 343 g/mol. The van der Waals surface area contributed by atoms with Crippen molar-refractivity contribution in [2.75, 3.05) is 19.6 Å². The molecule has 7 heteroatoms. The Kier molecular flexibility index (Phi) is 4.08. The fourth-order valence-corrected chi connectivity index (χ4v) is 3.34. The van der Waals surface area contributed by atoms with Gasteiger partial charge in [0.2, 0.25) is 0 Å². The van der Waals surface area contributed by atoms with Crippen molar-refractivity contribution in [1.82, 2.24) is 24.2 Å². The second-order valence-corrected chi connectivity index (χ2v) is 6.50. The number of likely N-dealkylation sites (tertiary alicyclic amines) is 1. The lowest BCUT2D eigenvalue weighted by Crippen LogP contribution is -2.29. The first-order chi connectivity index (χ1) is 11.7. The van der Waals surface area contributed by atoms with Crippen LogP contribution in [0.1, 0.15) is 12.8 Å². The second kappa shape index (κ2) is 6.37. The Hall–Kier alpha value is -2.18. The summed E-state index contributed by atoms with van der Waals surface area (Å²) in [5.74, 6) is 0. The van der Waals surface area contributed by atoms with Gasteiger partial charge in [-0.15, -0.1) is 0 Å². The molecule has 1 saturated heterocycles. The van der Waals surface area contributed by atoms with Gasteiger partial charge in [0.15, 0.2) is 5.65 Å². The smallest absolute Gasteiger partial charge is 0.264 e. The molecule has 0 unspecified atom stereocenters. The van der Waals surface area contributed by atoms with Crippen molar-refractivity contribution in [3.05, 3.63) is 52.2 Å². The van der Waals surface area contributed by atoms with E-state index in [0.29, 0.717) is 22.6 Å². The maximum absolute atomic E-state index is 12.7. The van der Waals surface area contributed by atoms with Crippen molar-refractivity contribution in [3.8, 4) is 5.69 Å². The molecule has 0 radical (unpaired) electrons. The number of hydrogen-bond acceptors (Lipinski definition) is 4.